The maximum absolute atomic E-state index is 13.1. The molecule has 0 fully saturated rings. The van der Waals surface area contributed by atoms with Crippen molar-refractivity contribution in [3.8, 4) is 0 Å². The quantitative estimate of drug-likeness (QED) is 0.339. The fourth-order valence-corrected chi connectivity index (χ4v) is 4.12. The SMILES string of the molecule is C=C(C)CC1(C)CN(C(=O)Nc2ccc(C(F)(F)F)cc2)N=C1c1ccc(C(F)(F)F)c(Cl)c1. The third kappa shape index (κ3) is 5.55. The van der Waals surface area contributed by atoms with Gasteiger partial charge >= 0.3 is 18.4 Å². The molecule has 34 heavy (non-hydrogen) atoms. The van der Waals surface area contributed by atoms with Gasteiger partial charge < -0.3 is 5.32 Å². The van der Waals surface area contributed by atoms with Gasteiger partial charge in [-0.2, -0.15) is 31.4 Å². The van der Waals surface area contributed by atoms with Crippen molar-refractivity contribution < 1.29 is 31.1 Å². The summed E-state index contributed by atoms with van der Waals surface area (Å²) in [6.45, 7) is 7.51. The van der Waals surface area contributed by atoms with Crippen molar-refractivity contribution in [2.24, 2.45) is 10.5 Å². The Bertz CT molecular complexity index is 1140. The van der Waals surface area contributed by atoms with Crippen molar-refractivity contribution >= 4 is 29.0 Å². The van der Waals surface area contributed by atoms with E-state index in [-0.39, 0.29) is 12.2 Å². The second kappa shape index (κ2) is 8.98. The molecule has 3 rings (SSSR count). The van der Waals surface area contributed by atoms with E-state index in [0.29, 0.717) is 17.7 Å². The van der Waals surface area contributed by atoms with E-state index in [1.54, 1.807) is 13.8 Å². The van der Waals surface area contributed by atoms with Crippen LogP contribution in [0.15, 0.2) is 59.7 Å². The molecule has 1 atom stereocenters. The highest BCUT2D eigenvalue weighted by Crippen LogP contribution is 2.40. The molecular formula is C23H20ClF6N3O. The Kier molecular flexibility index (Phi) is 6.76. The van der Waals surface area contributed by atoms with Crippen LogP contribution >= 0.6 is 11.6 Å². The summed E-state index contributed by atoms with van der Waals surface area (Å²) in [7, 11) is 0. The Morgan fingerprint density at radius 1 is 1.12 bits per heavy atom. The number of hydrogen-bond donors (Lipinski definition) is 1. The summed E-state index contributed by atoms with van der Waals surface area (Å²) in [6.07, 6.45) is -8.75. The van der Waals surface area contributed by atoms with Crippen LogP contribution in [0.3, 0.4) is 0 Å². The minimum Gasteiger partial charge on any atom is -0.306 e. The average Bonchev–Trinajstić information content (AvgIpc) is 3.03. The number of hydrazone groups is 1. The van der Waals surface area contributed by atoms with Gasteiger partial charge in [-0.1, -0.05) is 30.2 Å². The fourth-order valence-electron chi connectivity index (χ4n) is 3.83. The summed E-state index contributed by atoms with van der Waals surface area (Å²) in [5.74, 6) is 0. The molecule has 0 saturated heterocycles. The Balaban J connectivity index is 1.90. The van der Waals surface area contributed by atoms with Crippen molar-refractivity contribution in [2.45, 2.75) is 32.6 Å². The third-order valence-electron chi connectivity index (χ3n) is 5.23. The first-order chi connectivity index (χ1) is 15.6. The van der Waals surface area contributed by atoms with E-state index in [0.717, 1.165) is 47.0 Å². The fraction of sp³-hybridized carbons (Fsp3) is 0.304. The predicted octanol–water partition coefficient (Wildman–Crippen LogP) is 7.60. The molecule has 1 aliphatic heterocycles. The van der Waals surface area contributed by atoms with Gasteiger partial charge in [0.15, 0.2) is 0 Å². The van der Waals surface area contributed by atoms with Crippen LogP contribution < -0.4 is 5.32 Å². The van der Waals surface area contributed by atoms with Gasteiger partial charge in [-0.3, -0.25) is 0 Å². The van der Waals surface area contributed by atoms with E-state index in [2.05, 4.69) is 17.0 Å². The number of rotatable bonds is 4. The summed E-state index contributed by atoms with van der Waals surface area (Å²) in [5.41, 5.74) is -1.10. The van der Waals surface area contributed by atoms with Crippen LogP contribution in [0.2, 0.25) is 5.02 Å². The molecule has 0 aromatic heterocycles. The minimum absolute atomic E-state index is 0.0697. The van der Waals surface area contributed by atoms with E-state index in [1.165, 1.54) is 6.07 Å². The van der Waals surface area contributed by atoms with E-state index in [4.69, 9.17) is 11.6 Å². The van der Waals surface area contributed by atoms with Crippen LogP contribution in [-0.2, 0) is 12.4 Å². The smallest absolute Gasteiger partial charge is 0.306 e. The predicted molar refractivity (Wildman–Crippen MR) is 118 cm³/mol. The number of amides is 2. The molecule has 2 amide bonds. The minimum atomic E-state index is -4.62. The lowest BCUT2D eigenvalue weighted by Gasteiger charge is -2.27. The first kappa shape index (κ1) is 25.6. The number of urea groups is 1. The maximum atomic E-state index is 13.1. The standard InChI is InChI=1S/C23H20ClF6N3O/c1-13(2)11-21(3)12-33(20(34)31-16-7-5-15(6-8-16)22(25,26)27)32-19(21)14-4-9-17(18(24)10-14)23(28,29)30/h4-10H,1,11-12H2,2-3H3,(H,31,34). The molecule has 1 heterocycles. The summed E-state index contributed by atoms with van der Waals surface area (Å²) in [5, 5.41) is 7.39. The van der Waals surface area contributed by atoms with Crippen molar-refractivity contribution in [2.75, 3.05) is 11.9 Å². The monoisotopic (exact) mass is 503 g/mol. The zero-order valence-corrected chi connectivity index (χ0v) is 18.9. The Morgan fingerprint density at radius 3 is 2.24 bits per heavy atom. The normalized spacial score (nSPS) is 18.6. The van der Waals surface area contributed by atoms with Crippen LogP contribution in [-0.4, -0.2) is 23.3 Å². The molecule has 0 spiro atoms. The number of anilines is 1. The summed E-state index contributed by atoms with van der Waals surface area (Å²) in [4.78, 5) is 12.8. The summed E-state index contributed by atoms with van der Waals surface area (Å²) >= 11 is 5.88. The van der Waals surface area contributed by atoms with Gasteiger partial charge in [0, 0.05) is 11.1 Å². The lowest BCUT2D eigenvalue weighted by Crippen LogP contribution is -2.36. The number of carbonyl (C=O) groups excluding carboxylic acids is 1. The third-order valence-corrected chi connectivity index (χ3v) is 5.54. The zero-order chi connectivity index (χ0) is 25.5. The molecule has 0 saturated carbocycles. The van der Waals surface area contributed by atoms with Crippen LogP contribution in [0.1, 0.15) is 37.0 Å². The van der Waals surface area contributed by atoms with Crippen molar-refractivity contribution in [1.29, 1.82) is 0 Å². The van der Waals surface area contributed by atoms with Crippen LogP contribution in [0.5, 0.6) is 0 Å². The van der Waals surface area contributed by atoms with E-state index < -0.39 is 39.9 Å². The number of hydrogen-bond acceptors (Lipinski definition) is 2. The van der Waals surface area contributed by atoms with Crippen LogP contribution in [0.25, 0.3) is 0 Å². The lowest BCUT2D eigenvalue weighted by atomic mass is 9.77. The number of alkyl halides is 6. The molecule has 0 radical (unpaired) electrons. The highest BCUT2D eigenvalue weighted by molar-refractivity contribution is 6.32. The van der Waals surface area contributed by atoms with Crippen molar-refractivity contribution in [3.05, 3.63) is 76.3 Å². The second-order valence-electron chi connectivity index (χ2n) is 8.40. The van der Waals surface area contributed by atoms with E-state index in [9.17, 15) is 31.1 Å². The van der Waals surface area contributed by atoms with Gasteiger partial charge in [0.1, 0.15) is 0 Å². The van der Waals surface area contributed by atoms with Gasteiger partial charge in [0.25, 0.3) is 0 Å². The first-order valence-corrected chi connectivity index (χ1v) is 10.3. The molecule has 4 nitrogen and oxygen atoms in total. The van der Waals surface area contributed by atoms with Gasteiger partial charge in [-0.25, -0.2) is 9.80 Å². The van der Waals surface area contributed by atoms with Crippen LogP contribution in [0.4, 0.5) is 36.8 Å². The lowest BCUT2D eigenvalue weighted by molar-refractivity contribution is -0.138. The Hall–Kier alpha value is -3.01. The first-order valence-electron chi connectivity index (χ1n) is 9.96. The van der Waals surface area contributed by atoms with Crippen LogP contribution in [0, 0.1) is 5.41 Å². The molecule has 0 aliphatic carbocycles. The van der Waals surface area contributed by atoms with Gasteiger partial charge in [0.05, 0.1) is 28.4 Å². The topological polar surface area (TPSA) is 44.7 Å². The summed E-state index contributed by atoms with van der Waals surface area (Å²) < 4.78 is 77.5. The molecule has 11 heteroatoms. The van der Waals surface area contributed by atoms with Crippen molar-refractivity contribution in [3.63, 3.8) is 0 Å². The number of halogens is 7. The molecule has 1 aliphatic rings. The largest absolute Gasteiger partial charge is 0.417 e. The number of carbonyl (C=O) groups is 1. The molecular weight excluding hydrogens is 484 g/mol. The molecule has 2 aromatic carbocycles. The number of nitrogens with zero attached hydrogens (tertiary/aromatic N) is 2. The van der Waals surface area contributed by atoms with E-state index >= 15 is 0 Å². The molecule has 1 N–H and O–H groups in total. The van der Waals surface area contributed by atoms with Gasteiger partial charge in [-0.05, 0) is 55.3 Å². The Morgan fingerprint density at radius 2 is 1.74 bits per heavy atom. The maximum Gasteiger partial charge on any atom is 0.417 e. The molecule has 2 aromatic rings. The second-order valence-corrected chi connectivity index (χ2v) is 8.81. The highest BCUT2D eigenvalue weighted by Gasteiger charge is 2.42. The zero-order valence-electron chi connectivity index (χ0n) is 18.1. The Labute approximate surface area is 196 Å². The van der Waals surface area contributed by atoms with Gasteiger partial charge in [0.2, 0.25) is 0 Å². The number of nitrogens with one attached hydrogen (secondary N) is 1. The molecule has 0 bridgehead atoms. The number of benzene rings is 2. The summed E-state index contributed by atoms with van der Waals surface area (Å²) in [6, 6.07) is 6.44. The number of allylic oxidation sites excluding steroid dienone is 1. The molecule has 182 valence electrons. The van der Waals surface area contributed by atoms with Crippen molar-refractivity contribution in [1.82, 2.24) is 5.01 Å². The average molecular weight is 504 g/mol. The van der Waals surface area contributed by atoms with E-state index in [1.807, 2.05) is 0 Å². The molecule has 1 unspecified atom stereocenters. The highest BCUT2D eigenvalue weighted by atomic mass is 35.5. The van der Waals surface area contributed by atoms with Gasteiger partial charge in [-0.15, -0.1) is 6.58 Å².